The molecule has 1 unspecified atom stereocenters. The van der Waals surface area contributed by atoms with E-state index in [-0.39, 0.29) is 10.9 Å². The molecular formula is C15H18ClNO2S2. The molecule has 0 spiro atoms. The van der Waals surface area contributed by atoms with Crippen molar-refractivity contribution in [2.24, 2.45) is 0 Å². The van der Waals surface area contributed by atoms with Gasteiger partial charge in [0.05, 0.1) is 15.6 Å². The van der Waals surface area contributed by atoms with E-state index in [0.717, 1.165) is 0 Å². The smallest absolute Gasteiger partial charge is 0.175 e. The third-order valence-corrected chi connectivity index (χ3v) is 5.71. The Morgan fingerprint density at radius 2 is 1.90 bits per heavy atom. The average Bonchev–Trinajstić information content (AvgIpc) is 2.70. The van der Waals surface area contributed by atoms with Crippen molar-refractivity contribution in [2.45, 2.75) is 31.7 Å². The maximum atomic E-state index is 11.6. The molecule has 114 valence electrons. The normalized spacial score (nSPS) is 13.2. The lowest BCUT2D eigenvalue weighted by Gasteiger charge is -2.17. The first-order valence-electron chi connectivity index (χ1n) is 6.51. The molecule has 0 fully saturated rings. The molecule has 1 heterocycles. The average molecular weight is 344 g/mol. The van der Waals surface area contributed by atoms with E-state index in [2.05, 4.69) is 25.2 Å². The van der Waals surface area contributed by atoms with Gasteiger partial charge >= 0.3 is 0 Å². The second-order valence-electron chi connectivity index (χ2n) is 5.15. The van der Waals surface area contributed by atoms with Crippen molar-refractivity contribution in [3.63, 3.8) is 0 Å². The van der Waals surface area contributed by atoms with E-state index in [4.69, 9.17) is 11.6 Å². The number of nitrogens with one attached hydrogen (secondary N) is 1. The van der Waals surface area contributed by atoms with E-state index in [1.54, 1.807) is 23.5 Å². The Morgan fingerprint density at radius 3 is 2.43 bits per heavy atom. The molecular weight excluding hydrogens is 326 g/mol. The van der Waals surface area contributed by atoms with Crippen LogP contribution in [-0.4, -0.2) is 14.7 Å². The SMILES string of the molecule is Cc1cc(C(C)Nc2cc(S(C)(=O)=O)ccc2Cl)c(C)s1. The number of hydrogen-bond donors (Lipinski definition) is 1. The minimum absolute atomic E-state index is 0.0576. The number of rotatable bonds is 4. The second kappa shape index (κ2) is 5.99. The van der Waals surface area contributed by atoms with Crippen molar-refractivity contribution < 1.29 is 8.42 Å². The Labute approximate surface area is 134 Å². The van der Waals surface area contributed by atoms with Crippen LogP contribution >= 0.6 is 22.9 Å². The van der Waals surface area contributed by atoms with Gasteiger partial charge in [0, 0.05) is 22.1 Å². The van der Waals surface area contributed by atoms with Gasteiger partial charge in [-0.15, -0.1) is 11.3 Å². The van der Waals surface area contributed by atoms with Gasteiger partial charge in [0.25, 0.3) is 0 Å². The summed E-state index contributed by atoms with van der Waals surface area (Å²) in [5.41, 5.74) is 1.84. The fourth-order valence-electron chi connectivity index (χ4n) is 2.24. The molecule has 0 radical (unpaired) electrons. The standard InChI is InChI=1S/C15H18ClNO2S2/c1-9-7-13(11(3)20-9)10(2)17-15-8-12(21(4,18)19)5-6-14(15)16/h5-8,10,17H,1-4H3. The van der Waals surface area contributed by atoms with Crippen LogP contribution in [0.1, 0.15) is 28.3 Å². The van der Waals surface area contributed by atoms with E-state index < -0.39 is 9.84 Å². The quantitative estimate of drug-likeness (QED) is 0.882. The molecule has 1 aromatic heterocycles. The Kier molecular flexibility index (Phi) is 4.66. The number of aryl methyl sites for hydroxylation is 2. The zero-order valence-electron chi connectivity index (χ0n) is 12.4. The van der Waals surface area contributed by atoms with Gasteiger partial charge in [-0.2, -0.15) is 0 Å². The van der Waals surface area contributed by atoms with Crippen LogP contribution in [0.2, 0.25) is 5.02 Å². The van der Waals surface area contributed by atoms with Crippen molar-refractivity contribution >= 4 is 38.5 Å². The van der Waals surface area contributed by atoms with Crippen LogP contribution in [0.25, 0.3) is 0 Å². The molecule has 0 aliphatic heterocycles. The molecule has 1 N–H and O–H groups in total. The van der Waals surface area contributed by atoms with Crippen LogP contribution in [0.4, 0.5) is 5.69 Å². The lowest BCUT2D eigenvalue weighted by molar-refractivity contribution is 0.602. The summed E-state index contributed by atoms with van der Waals surface area (Å²) in [6.07, 6.45) is 1.19. The summed E-state index contributed by atoms with van der Waals surface area (Å²) >= 11 is 7.92. The van der Waals surface area contributed by atoms with Gasteiger partial charge in [0.15, 0.2) is 9.84 Å². The summed E-state index contributed by atoms with van der Waals surface area (Å²) in [5, 5.41) is 3.82. The maximum Gasteiger partial charge on any atom is 0.175 e. The highest BCUT2D eigenvalue weighted by Crippen LogP contribution is 2.32. The molecule has 2 aromatic rings. The first kappa shape index (κ1) is 16.3. The number of thiophene rings is 1. The molecule has 0 saturated carbocycles. The second-order valence-corrected chi connectivity index (χ2v) is 9.03. The Morgan fingerprint density at radius 1 is 1.24 bits per heavy atom. The summed E-state index contributed by atoms with van der Waals surface area (Å²) in [5.74, 6) is 0. The molecule has 0 aliphatic carbocycles. The summed E-state index contributed by atoms with van der Waals surface area (Å²) in [6, 6.07) is 6.92. The zero-order valence-corrected chi connectivity index (χ0v) is 14.8. The minimum Gasteiger partial charge on any atom is -0.377 e. The van der Waals surface area contributed by atoms with Gasteiger partial charge < -0.3 is 5.32 Å². The zero-order chi connectivity index (χ0) is 15.8. The maximum absolute atomic E-state index is 11.6. The molecule has 3 nitrogen and oxygen atoms in total. The van der Waals surface area contributed by atoms with Gasteiger partial charge in [0.1, 0.15) is 0 Å². The highest BCUT2D eigenvalue weighted by Gasteiger charge is 2.15. The molecule has 21 heavy (non-hydrogen) atoms. The number of anilines is 1. The summed E-state index contributed by atoms with van der Waals surface area (Å²) in [6.45, 7) is 6.20. The number of sulfone groups is 1. The van der Waals surface area contributed by atoms with E-state index >= 15 is 0 Å². The lowest BCUT2D eigenvalue weighted by atomic mass is 10.1. The predicted molar refractivity (Wildman–Crippen MR) is 90.4 cm³/mol. The van der Waals surface area contributed by atoms with E-state index in [1.165, 1.54) is 27.6 Å². The third-order valence-electron chi connectivity index (χ3n) is 3.28. The van der Waals surface area contributed by atoms with E-state index in [9.17, 15) is 8.42 Å². The Balaban J connectivity index is 2.33. The van der Waals surface area contributed by atoms with Gasteiger partial charge in [0.2, 0.25) is 0 Å². The van der Waals surface area contributed by atoms with Gasteiger partial charge in [-0.25, -0.2) is 8.42 Å². The number of halogens is 1. The largest absolute Gasteiger partial charge is 0.377 e. The van der Waals surface area contributed by atoms with Crippen LogP contribution in [0.3, 0.4) is 0 Å². The van der Waals surface area contributed by atoms with E-state index in [1.807, 2.05) is 6.92 Å². The molecule has 2 rings (SSSR count). The Bertz CT molecular complexity index is 766. The Hall–Kier alpha value is -1.04. The topological polar surface area (TPSA) is 46.2 Å². The predicted octanol–water partition coefficient (Wildman–Crippen LogP) is 4.59. The molecule has 0 amide bonds. The highest BCUT2D eigenvalue weighted by molar-refractivity contribution is 7.90. The molecule has 1 atom stereocenters. The molecule has 0 aliphatic rings. The van der Waals surface area contributed by atoms with Gasteiger partial charge in [-0.1, -0.05) is 11.6 Å². The molecule has 1 aromatic carbocycles. The van der Waals surface area contributed by atoms with Crippen LogP contribution in [0.15, 0.2) is 29.2 Å². The van der Waals surface area contributed by atoms with Crippen molar-refractivity contribution in [2.75, 3.05) is 11.6 Å². The lowest BCUT2D eigenvalue weighted by Crippen LogP contribution is -2.08. The molecule has 0 saturated heterocycles. The third kappa shape index (κ3) is 3.78. The molecule has 6 heteroatoms. The first-order valence-corrected chi connectivity index (χ1v) is 9.60. The van der Waals surface area contributed by atoms with Crippen LogP contribution < -0.4 is 5.32 Å². The van der Waals surface area contributed by atoms with Crippen molar-refractivity contribution in [3.8, 4) is 0 Å². The highest BCUT2D eigenvalue weighted by atomic mass is 35.5. The molecule has 0 bridgehead atoms. The van der Waals surface area contributed by atoms with Crippen LogP contribution in [-0.2, 0) is 9.84 Å². The monoisotopic (exact) mass is 343 g/mol. The van der Waals surface area contributed by atoms with Gasteiger partial charge in [-0.3, -0.25) is 0 Å². The van der Waals surface area contributed by atoms with Gasteiger partial charge in [-0.05, 0) is 50.6 Å². The van der Waals surface area contributed by atoms with Crippen molar-refractivity contribution in [1.82, 2.24) is 0 Å². The first-order chi connectivity index (χ1) is 9.68. The number of benzene rings is 1. The summed E-state index contributed by atoms with van der Waals surface area (Å²) < 4.78 is 23.3. The number of hydrogen-bond acceptors (Lipinski definition) is 4. The summed E-state index contributed by atoms with van der Waals surface area (Å²) in [4.78, 5) is 2.77. The fraction of sp³-hybridized carbons (Fsp3) is 0.333. The summed E-state index contributed by atoms with van der Waals surface area (Å²) in [7, 11) is -3.24. The van der Waals surface area contributed by atoms with Crippen molar-refractivity contribution in [3.05, 3.63) is 44.6 Å². The van der Waals surface area contributed by atoms with Crippen LogP contribution in [0, 0.1) is 13.8 Å². The van der Waals surface area contributed by atoms with Crippen LogP contribution in [0.5, 0.6) is 0 Å². The fourth-order valence-corrected chi connectivity index (χ4v) is 4.08. The van der Waals surface area contributed by atoms with Crippen molar-refractivity contribution in [1.29, 1.82) is 0 Å². The minimum atomic E-state index is -3.24. The van der Waals surface area contributed by atoms with E-state index in [0.29, 0.717) is 10.7 Å².